The highest BCUT2D eigenvalue weighted by atomic mass is 19.1. The third kappa shape index (κ3) is 2.96. The largest absolute Gasteiger partial charge is 0.478 e. The van der Waals surface area contributed by atoms with Crippen molar-refractivity contribution in [2.75, 3.05) is 5.32 Å². The van der Waals surface area contributed by atoms with E-state index in [4.69, 9.17) is 5.11 Å². The Morgan fingerprint density at radius 3 is 2.60 bits per heavy atom. The number of anilines is 1. The molecule has 0 aromatic heterocycles. The molecule has 3 nitrogen and oxygen atoms in total. The summed E-state index contributed by atoms with van der Waals surface area (Å²) >= 11 is 0. The molecule has 0 saturated heterocycles. The average molecular weight is 273 g/mol. The van der Waals surface area contributed by atoms with Crippen molar-refractivity contribution in [2.24, 2.45) is 0 Å². The second-order valence-electron chi connectivity index (χ2n) is 4.73. The minimum atomic E-state index is -0.990. The summed E-state index contributed by atoms with van der Waals surface area (Å²) in [5.74, 6) is -1.25. The van der Waals surface area contributed by atoms with Crippen LogP contribution in [0.2, 0.25) is 0 Å². The van der Waals surface area contributed by atoms with Crippen molar-refractivity contribution in [3.63, 3.8) is 0 Å². The number of halogens is 1. The second-order valence-corrected chi connectivity index (χ2v) is 4.73. The molecule has 0 aliphatic carbocycles. The molecule has 4 heteroatoms. The molecule has 104 valence electrons. The molecule has 0 bridgehead atoms. The summed E-state index contributed by atoms with van der Waals surface area (Å²) in [5.41, 5.74) is 2.08. The monoisotopic (exact) mass is 273 g/mol. The summed E-state index contributed by atoms with van der Waals surface area (Å²) < 4.78 is 13.6. The lowest BCUT2D eigenvalue weighted by molar-refractivity contribution is 0.0698. The van der Waals surface area contributed by atoms with Gasteiger partial charge >= 0.3 is 5.97 Å². The first-order valence-electron chi connectivity index (χ1n) is 6.34. The van der Waals surface area contributed by atoms with Gasteiger partial charge in [0.15, 0.2) is 0 Å². The summed E-state index contributed by atoms with van der Waals surface area (Å²) in [4.78, 5) is 11.1. The molecule has 20 heavy (non-hydrogen) atoms. The summed E-state index contributed by atoms with van der Waals surface area (Å²) in [6.07, 6.45) is 0. The van der Waals surface area contributed by atoms with E-state index in [0.717, 1.165) is 5.56 Å². The van der Waals surface area contributed by atoms with E-state index in [2.05, 4.69) is 5.32 Å². The number of rotatable bonds is 4. The van der Waals surface area contributed by atoms with Gasteiger partial charge in [-0.3, -0.25) is 0 Å². The Balaban J connectivity index is 2.25. The molecule has 0 spiro atoms. The van der Waals surface area contributed by atoms with E-state index in [1.165, 1.54) is 12.1 Å². The first-order chi connectivity index (χ1) is 9.49. The lowest BCUT2D eigenvalue weighted by Crippen LogP contribution is -2.11. The van der Waals surface area contributed by atoms with Crippen LogP contribution >= 0.6 is 0 Å². The third-order valence-electron chi connectivity index (χ3n) is 3.23. The van der Waals surface area contributed by atoms with Gasteiger partial charge in [-0.1, -0.05) is 24.3 Å². The smallest absolute Gasteiger partial charge is 0.337 e. The van der Waals surface area contributed by atoms with Crippen LogP contribution in [-0.4, -0.2) is 11.1 Å². The van der Waals surface area contributed by atoms with Crippen LogP contribution in [0, 0.1) is 12.7 Å². The van der Waals surface area contributed by atoms with Gasteiger partial charge in [0.25, 0.3) is 0 Å². The van der Waals surface area contributed by atoms with Crippen LogP contribution in [-0.2, 0) is 0 Å². The minimum Gasteiger partial charge on any atom is -0.478 e. The van der Waals surface area contributed by atoms with Crippen LogP contribution in [0.15, 0.2) is 42.5 Å². The first-order valence-corrected chi connectivity index (χ1v) is 6.34. The summed E-state index contributed by atoms with van der Waals surface area (Å²) in [6, 6.07) is 11.5. The highest BCUT2D eigenvalue weighted by Crippen LogP contribution is 2.23. The summed E-state index contributed by atoms with van der Waals surface area (Å²) in [7, 11) is 0. The number of hydrogen-bond donors (Lipinski definition) is 2. The lowest BCUT2D eigenvalue weighted by Gasteiger charge is -2.17. The third-order valence-corrected chi connectivity index (χ3v) is 3.23. The maximum atomic E-state index is 13.6. The zero-order valence-corrected chi connectivity index (χ0v) is 11.4. The molecule has 2 aromatic carbocycles. The van der Waals surface area contributed by atoms with Crippen molar-refractivity contribution in [3.8, 4) is 0 Å². The molecule has 2 rings (SSSR count). The molecule has 2 N–H and O–H groups in total. The standard InChI is InChI=1S/C16H16FNO2/c1-10-7-8-12(9-14(10)17)11(2)18-15-6-4-3-5-13(15)16(19)20/h3-9,11,18H,1-2H3,(H,19,20). The molecule has 0 aliphatic rings. The minimum absolute atomic E-state index is 0.189. The van der Waals surface area contributed by atoms with Crippen molar-refractivity contribution in [2.45, 2.75) is 19.9 Å². The van der Waals surface area contributed by atoms with E-state index < -0.39 is 5.97 Å². The number of nitrogens with one attached hydrogen (secondary N) is 1. The van der Waals surface area contributed by atoms with Gasteiger partial charge in [-0.15, -0.1) is 0 Å². The fourth-order valence-electron chi connectivity index (χ4n) is 1.99. The Morgan fingerprint density at radius 1 is 1.25 bits per heavy atom. The number of para-hydroxylation sites is 1. The van der Waals surface area contributed by atoms with Crippen LogP contribution in [0.25, 0.3) is 0 Å². The number of hydrogen-bond acceptors (Lipinski definition) is 2. The van der Waals surface area contributed by atoms with E-state index in [1.54, 1.807) is 31.2 Å². The van der Waals surface area contributed by atoms with Gasteiger partial charge in [0.1, 0.15) is 5.82 Å². The lowest BCUT2D eigenvalue weighted by atomic mass is 10.0. The number of carboxylic acids is 1. The van der Waals surface area contributed by atoms with E-state index >= 15 is 0 Å². The highest BCUT2D eigenvalue weighted by Gasteiger charge is 2.13. The number of aryl methyl sites for hydroxylation is 1. The number of aromatic carboxylic acids is 1. The van der Waals surface area contributed by atoms with Gasteiger partial charge in [-0.2, -0.15) is 0 Å². The van der Waals surface area contributed by atoms with Crippen LogP contribution in [0.1, 0.15) is 34.5 Å². The SMILES string of the molecule is Cc1ccc(C(C)Nc2ccccc2C(=O)O)cc1F. The maximum Gasteiger partial charge on any atom is 0.337 e. The fraction of sp³-hybridized carbons (Fsp3) is 0.188. The highest BCUT2D eigenvalue weighted by molar-refractivity contribution is 5.94. The predicted octanol–water partition coefficient (Wildman–Crippen LogP) is 4.01. The second kappa shape index (κ2) is 5.74. The van der Waals surface area contributed by atoms with Crippen molar-refractivity contribution in [1.82, 2.24) is 0 Å². The van der Waals surface area contributed by atoms with Crippen molar-refractivity contribution < 1.29 is 14.3 Å². The Labute approximate surface area is 117 Å². The van der Waals surface area contributed by atoms with E-state index in [-0.39, 0.29) is 17.4 Å². The average Bonchev–Trinajstić information content (AvgIpc) is 2.42. The van der Waals surface area contributed by atoms with Crippen molar-refractivity contribution in [3.05, 3.63) is 65.0 Å². The normalized spacial score (nSPS) is 11.9. The Bertz CT molecular complexity index is 640. The zero-order chi connectivity index (χ0) is 14.7. The van der Waals surface area contributed by atoms with Crippen LogP contribution in [0.5, 0.6) is 0 Å². The van der Waals surface area contributed by atoms with E-state index in [1.807, 2.05) is 13.0 Å². The van der Waals surface area contributed by atoms with Gasteiger partial charge < -0.3 is 10.4 Å². The molecule has 0 aliphatic heterocycles. The Hall–Kier alpha value is -2.36. The van der Waals surface area contributed by atoms with Crippen LogP contribution < -0.4 is 5.32 Å². The van der Waals surface area contributed by atoms with Crippen LogP contribution in [0.4, 0.5) is 10.1 Å². The predicted molar refractivity (Wildman–Crippen MR) is 76.6 cm³/mol. The van der Waals surface area contributed by atoms with E-state index in [9.17, 15) is 9.18 Å². The molecule has 0 fully saturated rings. The Kier molecular flexibility index (Phi) is 4.03. The number of benzene rings is 2. The molecule has 0 saturated carbocycles. The van der Waals surface area contributed by atoms with Crippen molar-refractivity contribution in [1.29, 1.82) is 0 Å². The molecular weight excluding hydrogens is 257 g/mol. The zero-order valence-electron chi connectivity index (χ0n) is 11.4. The molecule has 0 radical (unpaired) electrons. The first kappa shape index (κ1) is 14.1. The topological polar surface area (TPSA) is 49.3 Å². The quantitative estimate of drug-likeness (QED) is 0.885. The van der Waals surface area contributed by atoms with Crippen LogP contribution in [0.3, 0.4) is 0 Å². The molecule has 0 heterocycles. The fourth-order valence-corrected chi connectivity index (χ4v) is 1.99. The summed E-state index contributed by atoms with van der Waals surface area (Å²) in [6.45, 7) is 3.57. The maximum absolute atomic E-state index is 13.6. The number of carbonyl (C=O) groups is 1. The van der Waals surface area contributed by atoms with E-state index in [0.29, 0.717) is 11.3 Å². The molecule has 1 unspecified atom stereocenters. The molecule has 0 amide bonds. The number of carboxylic acid groups (broad SMARTS) is 1. The summed E-state index contributed by atoms with van der Waals surface area (Å²) in [5, 5.41) is 12.2. The van der Waals surface area contributed by atoms with Gasteiger partial charge in [-0.05, 0) is 43.2 Å². The molecule has 1 atom stereocenters. The van der Waals surface area contributed by atoms with Crippen molar-refractivity contribution >= 4 is 11.7 Å². The van der Waals surface area contributed by atoms with Gasteiger partial charge in [-0.25, -0.2) is 9.18 Å². The van der Waals surface area contributed by atoms with Gasteiger partial charge in [0.2, 0.25) is 0 Å². The molecular formula is C16H16FNO2. The van der Waals surface area contributed by atoms with Gasteiger partial charge in [0, 0.05) is 11.7 Å². The Morgan fingerprint density at radius 2 is 1.95 bits per heavy atom. The van der Waals surface area contributed by atoms with Gasteiger partial charge in [0.05, 0.1) is 5.56 Å². The molecule has 2 aromatic rings.